The van der Waals surface area contributed by atoms with Crippen molar-refractivity contribution in [2.45, 2.75) is 24.8 Å². The van der Waals surface area contributed by atoms with E-state index in [9.17, 15) is 8.42 Å². The maximum absolute atomic E-state index is 12.6. The third kappa shape index (κ3) is 5.04. The summed E-state index contributed by atoms with van der Waals surface area (Å²) in [6, 6.07) is 22.0. The number of aryl methyl sites for hydroxylation is 1. The first-order chi connectivity index (χ1) is 13.5. The van der Waals surface area contributed by atoms with E-state index in [0.29, 0.717) is 12.2 Å². The van der Waals surface area contributed by atoms with Gasteiger partial charge in [-0.25, -0.2) is 8.42 Å². The van der Waals surface area contributed by atoms with Crippen LogP contribution >= 0.6 is 0 Å². The second kappa shape index (κ2) is 8.80. The molecular formula is C22H24N2O3S. The summed E-state index contributed by atoms with van der Waals surface area (Å²) in [6.45, 7) is 2.66. The number of hydrogen-bond acceptors (Lipinski definition) is 4. The Morgan fingerprint density at radius 2 is 1.54 bits per heavy atom. The molecule has 0 aliphatic rings. The van der Waals surface area contributed by atoms with Crippen LogP contribution in [0.1, 0.15) is 18.1 Å². The molecule has 5 nitrogen and oxygen atoms in total. The van der Waals surface area contributed by atoms with Gasteiger partial charge in [-0.05, 0) is 66.1 Å². The first kappa shape index (κ1) is 19.8. The molecule has 6 heteroatoms. The van der Waals surface area contributed by atoms with E-state index in [4.69, 9.17) is 4.74 Å². The number of hydrogen-bond donors (Lipinski definition) is 2. The number of rotatable bonds is 8. The molecule has 3 aromatic carbocycles. The Hall–Kier alpha value is -2.99. The third-order valence-corrected chi connectivity index (χ3v) is 5.79. The highest BCUT2D eigenvalue weighted by Gasteiger charge is 2.14. The minimum Gasteiger partial charge on any atom is -0.497 e. The molecule has 0 spiro atoms. The number of methoxy groups -OCH3 is 1. The van der Waals surface area contributed by atoms with Gasteiger partial charge >= 0.3 is 0 Å². The second-order valence-corrected chi connectivity index (χ2v) is 8.07. The van der Waals surface area contributed by atoms with E-state index in [0.717, 1.165) is 29.0 Å². The first-order valence-corrected chi connectivity index (χ1v) is 10.6. The molecule has 0 bridgehead atoms. The van der Waals surface area contributed by atoms with Crippen molar-refractivity contribution in [2.75, 3.05) is 17.1 Å². The van der Waals surface area contributed by atoms with Gasteiger partial charge in [0.1, 0.15) is 5.75 Å². The standard InChI is InChI=1S/C22H24N2O3S/c1-3-17-5-4-6-22(15-17)28(25,26)24-20-11-9-19(10-12-20)23-16-18-7-13-21(27-2)14-8-18/h4-15,23-24H,3,16H2,1-2H3. The quantitative estimate of drug-likeness (QED) is 0.581. The molecule has 28 heavy (non-hydrogen) atoms. The predicted octanol–water partition coefficient (Wildman–Crippen LogP) is 4.67. The van der Waals surface area contributed by atoms with Gasteiger partial charge in [-0.15, -0.1) is 0 Å². The van der Waals surface area contributed by atoms with Crippen molar-refractivity contribution in [1.82, 2.24) is 0 Å². The summed E-state index contributed by atoms with van der Waals surface area (Å²) in [6.07, 6.45) is 0.790. The van der Waals surface area contributed by atoms with E-state index < -0.39 is 10.0 Å². The lowest BCUT2D eigenvalue weighted by atomic mass is 10.2. The van der Waals surface area contributed by atoms with Gasteiger partial charge in [0.05, 0.1) is 12.0 Å². The van der Waals surface area contributed by atoms with Crippen LogP contribution in [0.15, 0.2) is 77.7 Å². The smallest absolute Gasteiger partial charge is 0.261 e. The Morgan fingerprint density at radius 1 is 0.857 bits per heavy atom. The molecule has 3 rings (SSSR count). The SMILES string of the molecule is CCc1cccc(S(=O)(=O)Nc2ccc(NCc3ccc(OC)cc3)cc2)c1. The van der Waals surface area contributed by atoms with Crippen LogP contribution in [-0.2, 0) is 23.0 Å². The first-order valence-electron chi connectivity index (χ1n) is 9.09. The Bertz CT molecular complexity index is 1010. The van der Waals surface area contributed by atoms with Crippen LogP contribution in [0.3, 0.4) is 0 Å². The zero-order chi connectivity index (χ0) is 20.0. The Labute approximate surface area is 166 Å². The van der Waals surface area contributed by atoms with Crippen LogP contribution in [0.5, 0.6) is 5.75 Å². The Kier molecular flexibility index (Phi) is 6.21. The molecule has 0 saturated carbocycles. The van der Waals surface area contributed by atoms with E-state index in [-0.39, 0.29) is 4.90 Å². The van der Waals surface area contributed by atoms with Crippen molar-refractivity contribution in [2.24, 2.45) is 0 Å². The van der Waals surface area contributed by atoms with Gasteiger partial charge in [-0.3, -0.25) is 4.72 Å². The van der Waals surface area contributed by atoms with Gasteiger partial charge in [0, 0.05) is 17.9 Å². The molecule has 0 aliphatic carbocycles. The summed E-state index contributed by atoms with van der Waals surface area (Å²) < 4.78 is 32.9. The lowest BCUT2D eigenvalue weighted by Crippen LogP contribution is -2.13. The minimum absolute atomic E-state index is 0.272. The molecule has 0 aromatic heterocycles. The lowest BCUT2D eigenvalue weighted by molar-refractivity contribution is 0.414. The molecule has 3 aromatic rings. The molecule has 0 fully saturated rings. The molecule has 0 saturated heterocycles. The van der Waals surface area contributed by atoms with Crippen LogP contribution in [0, 0.1) is 0 Å². The topological polar surface area (TPSA) is 67.4 Å². The fraction of sp³-hybridized carbons (Fsp3) is 0.182. The van der Waals surface area contributed by atoms with Gasteiger partial charge in [0.25, 0.3) is 10.0 Å². The predicted molar refractivity (Wildman–Crippen MR) is 113 cm³/mol. The second-order valence-electron chi connectivity index (χ2n) is 6.39. The van der Waals surface area contributed by atoms with Gasteiger partial charge in [0.2, 0.25) is 0 Å². The van der Waals surface area contributed by atoms with Crippen LogP contribution in [0.25, 0.3) is 0 Å². The lowest BCUT2D eigenvalue weighted by Gasteiger charge is -2.11. The number of ether oxygens (including phenoxy) is 1. The zero-order valence-corrected chi connectivity index (χ0v) is 16.8. The molecule has 0 aliphatic heterocycles. The number of anilines is 2. The van der Waals surface area contributed by atoms with Crippen LogP contribution in [0.2, 0.25) is 0 Å². The van der Waals surface area contributed by atoms with Crippen LogP contribution in [-0.4, -0.2) is 15.5 Å². The fourth-order valence-electron chi connectivity index (χ4n) is 2.75. The number of benzene rings is 3. The van der Waals surface area contributed by atoms with Gasteiger partial charge in [-0.1, -0.05) is 31.2 Å². The highest BCUT2D eigenvalue weighted by Crippen LogP contribution is 2.20. The number of sulfonamides is 1. The maximum atomic E-state index is 12.6. The van der Waals surface area contributed by atoms with Gasteiger partial charge in [0.15, 0.2) is 0 Å². The summed E-state index contributed by atoms with van der Waals surface area (Å²) in [5.41, 5.74) is 3.55. The average Bonchev–Trinajstić information content (AvgIpc) is 2.73. The van der Waals surface area contributed by atoms with E-state index in [2.05, 4.69) is 10.0 Å². The summed E-state index contributed by atoms with van der Waals surface area (Å²) >= 11 is 0. The number of nitrogens with one attached hydrogen (secondary N) is 2. The average molecular weight is 397 g/mol. The van der Waals surface area contributed by atoms with E-state index in [1.807, 2.05) is 49.4 Å². The van der Waals surface area contributed by atoms with Crippen molar-refractivity contribution < 1.29 is 13.2 Å². The monoisotopic (exact) mass is 396 g/mol. The summed E-state index contributed by atoms with van der Waals surface area (Å²) in [7, 11) is -1.96. The highest BCUT2D eigenvalue weighted by atomic mass is 32.2. The molecule has 146 valence electrons. The van der Waals surface area contributed by atoms with E-state index in [1.54, 1.807) is 37.4 Å². The van der Waals surface area contributed by atoms with Crippen molar-refractivity contribution in [3.63, 3.8) is 0 Å². The molecule has 0 unspecified atom stereocenters. The molecule has 0 radical (unpaired) electrons. The largest absolute Gasteiger partial charge is 0.497 e. The maximum Gasteiger partial charge on any atom is 0.261 e. The van der Waals surface area contributed by atoms with Crippen LogP contribution < -0.4 is 14.8 Å². The van der Waals surface area contributed by atoms with Gasteiger partial charge in [-0.2, -0.15) is 0 Å². The van der Waals surface area contributed by atoms with Gasteiger partial charge < -0.3 is 10.1 Å². The molecular weight excluding hydrogens is 372 g/mol. The van der Waals surface area contributed by atoms with Crippen molar-refractivity contribution in [3.05, 3.63) is 83.9 Å². The summed E-state index contributed by atoms with van der Waals surface area (Å²) in [5.74, 6) is 0.824. The summed E-state index contributed by atoms with van der Waals surface area (Å²) in [4.78, 5) is 0.272. The van der Waals surface area contributed by atoms with Crippen LogP contribution in [0.4, 0.5) is 11.4 Å². The molecule has 2 N–H and O–H groups in total. The van der Waals surface area contributed by atoms with Crippen molar-refractivity contribution >= 4 is 21.4 Å². The van der Waals surface area contributed by atoms with E-state index >= 15 is 0 Å². The fourth-order valence-corrected chi connectivity index (χ4v) is 3.88. The molecule has 0 atom stereocenters. The Morgan fingerprint density at radius 3 is 2.18 bits per heavy atom. The highest BCUT2D eigenvalue weighted by molar-refractivity contribution is 7.92. The zero-order valence-electron chi connectivity index (χ0n) is 16.0. The third-order valence-electron chi connectivity index (χ3n) is 4.41. The Balaban J connectivity index is 1.63. The normalized spacial score (nSPS) is 11.1. The van der Waals surface area contributed by atoms with Crippen molar-refractivity contribution in [3.8, 4) is 5.75 Å². The van der Waals surface area contributed by atoms with Crippen molar-refractivity contribution in [1.29, 1.82) is 0 Å². The van der Waals surface area contributed by atoms with E-state index in [1.165, 1.54) is 0 Å². The molecule has 0 amide bonds. The summed E-state index contributed by atoms with van der Waals surface area (Å²) in [5, 5.41) is 3.32. The molecule has 0 heterocycles. The minimum atomic E-state index is -3.60.